The Morgan fingerprint density at radius 2 is 1.69 bits per heavy atom. The zero-order valence-corrected chi connectivity index (χ0v) is 18.4. The normalized spacial score (nSPS) is 11.3. The van der Waals surface area contributed by atoms with Gasteiger partial charge >= 0.3 is 0 Å². The van der Waals surface area contributed by atoms with Gasteiger partial charge in [-0.25, -0.2) is 0 Å². The van der Waals surface area contributed by atoms with Crippen LogP contribution >= 0.6 is 0 Å². The molecule has 6 heteroatoms. The summed E-state index contributed by atoms with van der Waals surface area (Å²) in [7, 11) is 0. The number of anilines is 2. The van der Waals surface area contributed by atoms with E-state index in [1.165, 1.54) is 0 Å². The lowest BCUT2D eigenvalue weighted by Gasteiger charge is -2.14. The van der Waals surface area contributed by atoms with Crippen LogP contribution in [0, 0.1) is 0 Å². The van der Waals surface area contributed by atoms with Crippen molar-refractivity contribution in [2.45, 2.75) is 32.9 Å². The van der Waals surface area contributed by atoms with Crippen LogP contribution in [0.15, 0.2) is 78.9 Å². The Morgan fingerprint density at radius 1 is 0.938 bits per heavy atom. The average molecular weight is 432 g/mol. The number of para-hydroxylation sites is 2. The summed E-state index contributed by atoms with van der Waals surface area (Å²) in [6.07, 6.45) is 0.852. The van der Waals surface area contributed by atoms with Gasteiger partial charge in [-0.05, 0) is 49.2 Å². The van der Waals surface area contributed by atoms with Gasteiger partial charge in [-0.2, -0.15) is 0 Å². The van der Waals surface area contributed by atoms with E-state index in [4.69, 9.17) is 4.74 Å². The molecule has 0 radical (unpaired) electrons. The molecule has 0 aromatic heterocycles. The molecule has 3 rings (SSSR count). The molecule has 3 N–H and O–H groups in total. The number of rotatable bonds is 10. The van der Waals surface area contributed by atoms with Crippen LogP contribution in [-0.4, -0.2) is 24.4 Å². The van der Waals surface area contributed by atoms with Crippen LogP contribution in [0.25, 0.3) is 0 Å². The first-order valence-corrected chi connectivity index (χ1v) is 10.8. The summed E-state index contributed by atoms with van der Waals surface area (Å²) in [5.74, 6) is 0.299. The van der Waals surface area contributed by atoms with E-state index < -0.39 is 0 Å². The summed E-state index contributed by atoms with van der Waals surface area (Å²) in [4.78, 5) is 24.8. The van der Waals surface area contributed by atoms with Crippen molar-refractivity contribution < 1.29 is 14.3 Å². The molecule has 2 amide bonds. The maximum absolute atomic E-state index is 12.5. The molecule has 0 aliphatic carbocycles. The van der Waals surface area contributed by atoms with E-state index >= 15 is 0 Å². The minimum Gasteiger partial charge on any atom is -0.487 e. The second-order valence-corrected chi connectivity index (χ2v) is 7.54. The largest absolute Gasteiger partial charge is 0.487 e. The molecule has 0 fully saturated rings. The topological polar surface area (TPSA) is 79.5 Å². The number of nitrogens with one attached hydrogen (secondary N) is 3. The minimum absolute atomic E-state index is 0.0645. The Morgan fingerprint density at radius 3 is 2.47 bits per heavy atom. The Bertz CT molecular complexity index is 1040. The summed E-state index contributed by atoms with van der Waals surface area (Å²) >= 11 is 0. The molecular formula is C26H29N3O3. The molecule has 0 aliphatic heterocycles. The summed E-state index contributed by atoms with van der Waals surface area (Å²) in [5.41, 5.74) is 2.88. The van der Waals surface area contributed by atoms with Crippen molar-refractivity contribution in [2.75, 3.05) is 17.2 Å². The zero-order valence-electron chi connectivity index (χ0n) is 18.4. The van der Waals surface area contributed by atoms with Crippen molar-refractivity contribution in [2.24, 2.45) is 0 Å². The molecule has 166 valence electrons. The first-order valence-electron chi connectivity index (χ1n) is 10.8. The molecule has 3 aromatic carbocycles. The van der Waals surface area contributed by atoms with Crippen LogP contribution in [-0.2, 0) is 11.4 Å². The van der Waals surface area contributed by atoms with Crippen LogP contribution in [0.4, 0.5) is 11.4 Å². The highest BCUT2D eigenvalue weighted by Gasteiger charge is 2.11. The third kappa shape index (κ3) is 6.87. The highest BCUT2D eigenvalue weighted by atomic mass is 16.5. The molecule has 0 saturated heterocycles. The number of ether oxygens (including phenoxy) is 1. The lowest BCUT2D eigenvalue weighted by molar-refractivity contribution is -0.114. The van der Waals surface area contributed by atoms with Gasteiger partial charge in [0, 0.05) is 17.3 Å². The molecule has 32 heavy (non-hydrogen) atoms. The van der Waals surface area contributed by atoms with E-state index in [1.807, 2.05) is 68.4 Å². The van der Waals surface area contributed by atoms with E-state index in [1.54, 1.807) is 24.3 Å². The van der Waals surface area contributed by atoms with Crippen LogP contribution < -0.4 is 20.7 Å². The number of benzene rings is 3. The van der Waals surface area contributed by atoms with Gasteiger partial charge in [0.25, 0.3) is 5.91 Å². The first-order chi connectivity index (χ1) is 15.5. The molecule has 0 spiro atoms. The van der Waals surface area contributed by atoms with E-state index in [-0.39, 0.29) is 24.4 Å². The van der Waals surface area contributed by atoms with Gasteiger partial charge in [-0.3, -0.25) is 9.59 Å². The van der Waals surface area contributed by atoms with E-state index in [9.17, 15) is 9.59 Å². The lowest BCUT2D eigenvalue weighted by atomic mass is 10.1. The molecule has 0 saturated carbocycles. The fourth-order valence-electron chi connectivity index (χ4n) is 3.00. The number of hydrogen-bond acceptors (Lipinski definition) is 4. The molecular weight excluding hydrogens is 402 g/mol. The summed E-state index contributed by atoms with van der Waals surface area (Å²) < 4.78 is 5.92. The van der Waals surface area contributed by atoms with Gasteiger partial charge in [-0.1, -0.05) is 55.5 Å². The van der Waals surface area contributed by atoms with Crippen LogP contribution in [0.3, 0.4) is 0 Å². The Labute approximate surface area is 189 Å². The van der Waals surface area contributed by atoms with Crippen molar-refractivity contribution in [3.63, 3.8) is 0 Å². The predicted molar refractivity (Wildman–Crippen MR) is 128 cm³/mol. The highest BCUT2D eigenvalue weighted by Crippen LogP contribution is 2.24. The molecule has 0 heterocycles. The Hall–Kier alpha value is -3.80. The van der Waals surface area contributed by atoms with E-state index in [0.29, 0.717) is 23.6 Å². The standard InChI is InChI=1S/C26H29N3O3/c1-3-19(2)28-26(31)21-12-9-13-22(16-21)29-25(30)17-27-23-14-7-8-15-24(23)32-18-20-10-5-4-6-11-20/h4-16,19,27H,3,17-18H2,1-2H3,(H,28,31)(H,29,30). The van der Waals surface area contributed by atoms with Gasteiger partial charge in [0.05, 0.1) is 12.2 Å². The number of carbonyl (C=O) groups excluding carboxylic acids is 2. The Kier molecular flexibility index (Phi) is 8.26. The van der Waals surface area contributed by atoms with Crippen LogP contribution in [0.5, 0.6) is 5.75 Å². The average Bonchev–Trinajstić information content (AvgIpc) is 2.82. The van der Waals surface area contributed by atoms with E-state index in [0.717, 1.165) is 17.7 Å². The molecule has 6 nitrogen and oxygen atoms in total. The fourth-order valence-corrected chi connectivity index (χ4v) is 3.00. The molecule has 1 atom stereocenters. The second-order valence-electron chi connectivity index (χ2n) is 7.54. The first kappa shape index (κ1) is 22.9. The number of hydrogen-bond donors (Lipinski definition) is 3. The minimum atomic E-state index is -0.220. The molecule has 1 unspecified atom stereocenters. The van der Waals surface area contributed by atoms with E-state index in [2.05, 4.69) is 16.0 Å². The maximum Gasteiger partial charge on any atom is 0.251 e. The SMILES string of the molecule is CCC(C)NC(=O)c1cccc(NC(=O)CNc2ccccc2OCc2ccccc2)c1. The monoisotopic (exact) mass is 431 g/mol. The molecule has 3 aromatic rings. The van der Waals surface area contributed by atoms with Crippen molar-refractivity contribution >= 4 is 23.2 Å². The van der Waals surface area contributed by atoms with Crippen molar-refractivity contribution in [1.82, 2.24) is 5.32 Å². The molecule has 0 aliphatic rings. The summed E-state index contributed by atoms with van der Waals surface area (Å²) in [6, 6.07) is 24.4. The number of carbonyl (C=O) groups is 2. The second kappa shape index (κ2) is 11.6. The quantitative estimate of drug-likeness (QED) is 0.429. The molecule has 0 bridgehead atoms. The smallest absolute Gasteiger partial charge is 0.251 e. The van der Waals surface area contributed by atoms with Crippen molar-refractivity contribution in [1.29, 1.82) is 0 Å². The summed E-state index contributed by atoms with van der Waals surface area (Å²) in [5, 5.41) is 8.88. The third-order valence-electron chi connectivity index (χ3n) is 4.96. The predicted octanol–water partition coefficient (Wildman–Crippen LogP) is 4.84. The zero-order chi connectivity index (χ0) is 22.8. The third-order valence-corrected chi connectivity index (χ3v) is 4.96. The van der Waals surface area contributed by atoms with Crippen LogP contribution in [0.2, 0.25) is 0 Å². The van der Waals surface area contributed by atoms with Crippen LogP contribution in [0.1, 0.15) is 36.2 Å². The van der Waals surface area contributed by atoms with Gasteiger partial charge in [0.1, 0.15) is 12.4 Å². The van der Waals surface area contributed by atoms with Gasteiger partial charge in [0.15, 0.2) is 0 Å². The van der Waals surface area contributed by atoms with Gasteiger partial charge in [-0.15, -0.1) is 0 Å². The summed E-state index contributed by atoms with van der Waals surface area (Å²) in [6.45, 7) is 4.47. The fraction of sp³-hybridized carbons (Fsp3) is 0.231. The Balaban J connectivity index is 1.55. The van der Waals surface area contributed by atoms with Gasteiger partial charge in [0.2, 0.25) is 5.91 Å². The maximum atomic E-state index is 12.5. The highest BCUT2D eigenvalue weighted by molar-refractivity contribution is 5.98. The number of amides is 2. The van der Waals surface area contributed by atoms with Crippen molar-refractivity contribution in [3.8, 4) is 5.75 Å². The lowest BCUT2D eigenvalue weighted by Crippen LogP contribution is -2.32. The van der Waals surface area contributed by atoms with Crippen molar-refractivity contribution in [3.05, 3.63) is 90.0 Å². The van der Waals surface area contributed by atoms with Gasteiger partial charge < -0.3 is 20.7 Å².